The summed E-state index contributed by atoms with van der Waals surface area (Å²) >= 11 is 5.43. The lowest BCUT2D eigenvalue weighted by Crippen LogP contribution is -2.46. The lowest BCUT2D eigenvalue weighted by Gasteiger charge is -2.37. The summed E-state index contributed by atoms with van der Waals surface area (Å²) in [6.07, 6.45) is 0. The van der Waals surface area contributed by atoms with Gasteiger partial charge < -0.3 is 4.90 Å². The Balaban J connectivity index is 2.18. The molecule has 0 saturated carbocycles. The van der Waals surface area contributed by atoms with Crippen LogP contribution in [0, 0.1) is 6.92 Å². The second kappa shape index (κ2) is 5.25. The number of carbonyl (C=O) groups is 1. The normalized spacial score (nSPS) is 18.8. The van der Waals surface area contributed by atoms with Crippen LogP contribution in [0.4, 0.5) is 0 Å². The minimum Gasteiger partial charge on any atom is -0.336 e. The van der Waals surface area contributed by atoms with E-state index in [1.54, 1.807) is 0 Å². The number of carbonyl (C=O) groups excluding carboxylic acids is 1. The molecular formula is C14H18BrNOS. The molecule has 1 saturated heterocycles. The lowest BCUT2D eigenvalue weighted by atomic mass is 10.1. The van der Waals surface area contributed by atoms with Gasteiger partial charge in [-0.15, -0.1) is 0 Å². The maximum atomic E-state index is 12.4. The summed E-state index contributed by atoms with van der Waals surface area (Å²) in [4.78, 5) is 14.4. The van der Waals surface area contributed by atoms with Gasteiger partial charge in [0.05, 0.1) is 0 Å². The van der Waals surface area contributed by atoms with Gasteiger partial charge in [0.2, 0.25) is 0 Å². The summed E-state index contributed by atoms with van der Waals surface area (Å²) in [5.41, 5.74) is 1.93. The van der Waals surface area contributed by atoms with Crippen molar-refractivity contribution in [1.29, 1.82) is 0 Å². The predicted octanol–water partition coefficient (Wildman–Crippen LogP) is 3.73. The highest BCUT2D eigenvalue weighted by molar-refractivity contribution is 9.10. The van der Waals surface area contributed by atoms with Crippen molar-refractivity contribution in [3.63, 3.8) is 0 Å². The zero-order chi connectivity index (χ0) is 13.3. The van der Waals surface area contributed by atoms with E-state index in [9.17, 15) is 4.79 Å². The summed E-state index contributed by atoms with van der Waals surface area (Å²) in [5, 5.41) is 0. The Bertz CT molecular complexity index is 473. The van der Waals surface area contributed by atoms with Gasteiger partial charge in [0, 0.05) is 33.6 Å². The van der Waals surface area contributed by atoms with E-state index in [1.165, 1.54) is 0 Å². The van der Waals surface area contributed by atoms with Gasteiger partial charge in [-0.05, 0) is 38.5 Å². The summed E-state index contributed by atoms with van der Waals surface area (Å²) in [5.74, 6) is 1.16. The molecule has 1 aliphatic heterocycles. The van der Waals surface area contributed by atoms with Crippen molar-refractivity contribution in [2.75, 3.05) is 18.8 Å². The molecule has 2 rings (SSSR count). The standard InChI is InChI=1S/C14H18BrNOS/c1-10-4-5-11(8-12(10)15)13(17)16-6-7-18-14(2,3)9-16/h4-5,8H,6-7,9H2,1-3H3. The van der Waals surface area contributed by atoms with Crippen molar-refractivity contribution in [3.05, 3.63) is 33.8 Å². The monoisotopic (exact) mass is 327 g/mol. The van der Waals surface area contributed by atoms with Gasteiger partial charge in [0.1, 0.15) is 0 Å². The number of halogens is 1. The van der Waals surface area contributed by atoms with Crippen LogP contribution in [-0.4, -0.2) is 34.4 Å². The Labute approximate surface area is 121 Å². The highest BCUT2D eigenvalue weighted by Crippen LogP contribution is 2.30. The lowest BCUT2D eigenvalue weighted by molar-refractivity contribution is 0.0748. The van der Waals surface area contributed by atoms with E-state index in [2.05, 4.69) is 29.8 Å². The number of nitrogens with zero attached hydrogens (tertiary/aromatic N) is 1. The third-order valence-electron chi connectivity index (χ3n) is 3.13. The number of hydrogen-bond acceptors (Lipinski definition) is 2. The van der Waals surface area contributed by atoms with Crippen LogP contribution in [-0.2, 0) is 0 Å². The first-order valence-electron chi connectivity index (χ1n) is 6.08. The summed E-state index contributed by atoms with van der Waals surface area (Å²) < 4.78 is 1.16. The molecule has 4 heteroatoms. The van der Waals surface area contributed by atoms with E-state index in [4.69, 9.17) is 0 Å². The van der Waals surface area contributed by atoms with Crippen molar-refractivity contribution in [1.82, 2.24) is 4.90 Å². The molecule has 1 aromatic rings. The minimum absolute atomic E-state index is 0.143. The highest BCUT2D eigenvalue weighted by atomic mass is 79.9. The average molecular weight is 328 g/mol. The second-order valence-corrected chi connectivity index (χ2v) is 7.96. The Morgan fingerprint density at radius 1 is 1.44 bits per heavy atom. The van der Waals surface area contributed by atoms with Crippen molar-refractivity contribution < 1.29 is 4.79 Å². The molecule has 1 aliphatic rings. The van der Waals surface area contributed by atoms with Crippen LogP contribution in [0.15, 0.2) is 22.7 Å². The molecule has 0 radical (unpaired) electrons. The summed E-state index contributed by atoms with van der Waals surface area (Å²) in [7, 11) is 0. The van der Waals surface area contributed by atoms with Crippen LogP contribution in [0.5, 0.6) is 0 Å². The van der Waals surface area contributed by atoms with Gasteiger partial charge in [-0.2, -0.15) is 11.8 Å². The Morgan fingerprint density at radius 3 is 2.78 bits per heavy atom. The van der Waals surface area contributed by atoms with Crippen LogP contribution in [0.1, 0.15) is 29.8 Å². The van der Waals surface area contributed by atoms with Gasteiger partial charge in [0.25, 0.3) is 5.91 Å². The Kier molecular flexibility index (Phi) is 4.07. The molecule has 1 heterocycles. The Hall–Kier alpha value is -0.480. The first kappa shape index (κ1) is 13.9. The molecule has 18 heavy (non-hydrogen) atoms. The molecule has 0 atom stereocenters. The fraction of sp³-hybridized carbons (Fsp3) is 0.500. The molecule has 0 N–H and O–H groups in total. The van der Waals surface area contributed by atoms with Crippen LogP contribution < -0.4 is 0 Å². The van der Waals surface area contributed by atoms with Crippen LogP contribution in [0.3, 0.4) is 0 Å². The van der Waals surface area contributed by atoms with E-state index in [-0.39, 0.29) is 10.7 Å². The molecule has 0 aliphatic carbocycles. The van der Waals surface area contributed by atoms with Crippen LogP contribution in [0.2, 0.25) is 0 Å². The van der Waals surface area contributed by atoms with Crippen LogP contribution in [0.25, 0.3) is 0 Å². The summed E-state index contributed by atoms with van der Waals surface area (Å²) in [6, 6.07) is 5.82. The topological polar surface area (TPSA) is 20.3 Å². The number of thioether (sulfide) groups is 1. The molecule has 1 fully saturated rings. The highest BCUT2D eigenvalue weighted by Gasteiger charge is 2.30. The smallest absolute Gasteiger partial charge is 0.253 e. The molecule has 0 spiro atoms. The molecule has 1 aromatic carbocycles. The molecule has 0 unspecified atom stereocenters. The zero-order valence-electron chi connectivity index (χ0n) is 11.0. The number of amides is 1. The Morgan fingerprint density at radius 2 is 2.17 bits per heavy atom. The maximum Gasteiger partial charge on any atom is 0.253 e. The SMILES string of the molecule is Cc1ccc(C(=O)N2CCSC(C)(C)C2)cc1Br. The van der Waals surface area contributed by atoms with Gasteiger partial charge >= 0.3 is 0 Å². The van der Waals surface area contributed by atoms with Crippen molar-refractivity contribution in [3.8, 4) is 0 Å². The largest absolute Gasteiger partial charge is 0.336 e. The minimum atomic E-state index is 0.143. The van der Waals surface area contributed by atoms with Crippen molar-refractivity contribution >= 4 is 33.6 Å². The summed E-state index contributed by atoms with van der Waals surface area (Å²) in [6.45, 7) is 8.09. The number of benzene rings is 1. The second-order valence-electron chi connectivity index (χ2n) is 5.30. The van der Waals surface area contributed by atoms with Crippen LogP contribution >= 0.6 is 27.7 Å². The van der Waals surface area contributed by atoms with E-state index in [1.807, 2.05) is 41.8 Å². The molecule has 98 valence electrons. The maximum absolute atomic E-state index is 12.4. The molecular weight excluding hydrogens is 310 g/mol. The van der Waals surface area contributed by atoms with E-state index in [0.29, 0.717) is 0 Å². The fourth-order valence-electron chi connectivity index (χ4n) is 2.10. The van der Waals surface area contributed by atoms with Crippen molar-refractivity contribution in [2.24, 2.45) is 0 Å². The van der Waals surface area contributed by atoms with E-state index < -0.39 is 0 Å². The van der Waals surface area contributed by atoms with Gasteiger partial charge in [-0.1, -0.05) is 22.0 Å². The first-order chi connectivity index (χ1) is 8.39. The molecule has 0 aromatic heterocycles. The number of hydrogen-bond donors (Lipinski definition) is 0. The zero-order valence-corrected chi connectivity index (χ0v) is 13.4. The van der Waals surface area contributed by atoms with E-state index >= 15 is 0 Å². The quantitative estimate of drug-likeness (QED) is 0.783. The predicted molar refractivity (Wildman–Crippen MR) is 81.3 cm³/mol. The first-order valence-corrected chi connectivity index (χ1v) is 7.86. The van der Waals surface area contributed by atoms with Crippen molar-refractivity contribution in [2.45, 2.75) is 25.5 Å². The van der Waals surface area contributed by atoms with E-state index in [0.717, 1.165) is 34.4 Å². The van der Waals surface area contributed by atoms with Gasteiger partial charge in [-0.25, -0.2) is 0 Å². The number of rotatable bonds is 1. The molecule has 1 amide bonds. The van der Waals surface area contributed by atoms with Gasteiger partial charge in [-0.3, -0.25) is 4.79 Å². The average Bonchev–Trinajstić information content (AvgIpc) is 2.30. The third kappa shape index (κ3) is 3.09. The third-order valence-corrected chi connectivity index (χ3v) is 5.28. The van der Waals surface area contributed by atoms with Gasteiger partial charge in [0.15, 0.2) is 0 Å². The number of aryl methyl sites for hydroxylation is 1. The molecule has 2 nitrogen and oxygen atoms in total. The molecule has 0 bridgehead atoms. The fourth-order valence-corrected chi connectivity index (χ4v) is 3.59.